The largest absolute Gasteiger partial charge is 0.492 e. The number of aldehydes is 1. The summed E-state index contributed by atoms with van der Waals surface area (Å²) in [6.07, 6.45) is 60.2. The Labute approximate surface area is 814 Å². The normalized spacial score (nSPS) is 21.4. The number of benzene rings is 2. The molecule has 1 saturated carbocycles. The molecule has 7 rings (SSSR count). The van der Waals surface area contributed by atoms with Crippen LogP contribution in [0.5, 0.6) is 46.0 Å². The predicted octanol–water partition coefficient (Wildman–Crippen LogP) is 28.3. The highest BCUT2D eigenvalue weighted by molar-refractivity contribution is 6.74. The number of rotatable bonds is 64. The summed E-state index contributed by atoms with van der Waals surface area (Å²) < 4.78 is 120. The van der Waals surface area contributed by atoms with Crippen molar-refractivity contribution in [1.82, 2.24) is 0 Å². The molecule has 5 fully saturated rings. The Hall–Kier alpha value is -4.42. The molecule has 2 aromatic carbocycles. The molecule has 0 spiro atoms. The summed E-state index contributed by atoms with van der Waals surface area (Å²) in [5.41, 5.74) is 3.94. The van der Waals surface area contributed by atoms with Crippen LogP contribution < -0.4 is 37.9 Å². The van der Waals surface area contributed by atoms with Crippen molar-refractivity contribution in [3.05, 3.63) is 22.3 Å². The topological polar surface area (TPSA) is 202 Å². The van der Waals surface area contributed by atoms with Gasteiger partial charge in [-0.05, 0) is 159 Å². The van der Waals surface area contributed by atoms with Gasteiger partial charge in [-0.2, -0.15) is 0 Å². The van der Waals surface area contributed by atoms with Gasteiger partial charge in [0.15, 0.2) is 39.6 Å². The second kappa shape index (κ2) is 67.8. The minimum atomic E-state index is -2.14. The van der Waals surface area contributed by atoms with Crippen molar-refractivity contribution in [3.8, 4) is 70.2 Å². The third-order valence-corrected chi connectivity index (χ3v) is 38.0. The van der Waals surface area contributed by atoms with E-state index in [2.05, 4.69) is 113 Å². The van der Waals surface area contributed by atoms with Crippen LogP contribution in [0.1, 0.15) is 399 Å². The second-order valence-electron chi connectivity index (χ2n) is 40.6. The van der Waals surface area contributed by atoms with E-state index in [0.717, 1.165) is 144 Å². The van der Waals surface area contributed by atoms with E-state index in [4.69, 9.17) is 101 Å². The molecule has 0 radical (unpaired) electrons. The Balaban J connectivity index is 0.000000462. The summed E-state index contributed by atoms with van der Waals surface area (Å²) in [5.74, 6) is 15.9. The quantitative estimate of drug-likeness (QED) is 0.0199. The first kappa shape index (κ1) is 121. The number of methoxy groups -OCH3 is 11. The van der Waals surface area contributed by atoms with Crippen LogP contribution in [0.15, 0.2) is 0 Å². The van der Waals surface area contributed by atoms with Gasteiger partial charge in [-0.3, -0.25) is 0 Å². The summed E-state index contributed by atoms with van der Waals surface area (Å²) >= 11 is 0. The van der Waals surface area contributed by atoms with Crippen LogP contribution in [0.4, 0.5) is 0 Å². The van der Waals surface area contributed by atoms with Crippen LogP contribution in [0.3, 0.4) is 0 Å². The van der Waals surface area contributed by atoms with E-state index in [1.54, 1.807) is 78.2 Å². The molecule has 0 amide bonds. The minimum Gasteiger partial charge on any atom is -0.492 e. The predicted molar refractivity (Wildman–Crippen MR) is 546 cm³/mol. The highest BCUT2D eigenvalue weighted by atomic mass is 28.4. The van der Waals surface area contributed by atoms with Gasteiger partial charge in [0.2, 0.25) is 23.0 Å². The molecule has 4 saturated heterocycles. The van der Waals surface area contributed by atoms with E-state index in [0.29, 0.717) is 65.5 Å². The highest BCUT2D eigenvalue weighted by Gasteiger charge is 2.46. The fraction of sp³-hybridized carbons (Fsp3) is 0.845. The standard InChI is InChI=1S/C54H96O11Si.C32H54O5Si.C22H40O5.C2H6/c1-14-15-16-17-18-23-26-29-32-42(61-39-55-6)44-35-37-46(63-44)47-38-36-45(64-47)43(62-40-56-7)33-30-27-24-21-19-20-22-25-28-31-34-48(65-66(12,13)54(3,4)5)49-41(2)50(57-8)52(59-10)53(60-11)51(49)58-9;1-12-24-19-17-18-21-25(24)20-15-13-14-16-22-26(37-38(10,11)32(3,4)5)27-23(2)28(33-6)30(35-8)31(36-9)29(27)34-7;1-3-4-5-6-7-8-9-10-11-19(25-17-24-2)20-14-15-22(27-20)21-13-12-18(16-23)26-21;1-2/h42-48H,14-29,31-32,34-40H2,1-13H3;1,24-26H,13-22H2,2-11H3;16,18-22H,3-15,17H2,1-2H3;1-2H3/t42-,43?,44-,45-,46-,47-,48?;;18-,19-,20-,21-,22-;/m0.0./s1. The molecule has 770 valence electrons. The lowest BCUT2D eigenvalue weighted by atomic mass is 9.77. The molecule has 5 unspecified atom stereocenters. The van der Waals surface area contributed by atoms with Crippen molar-refractivity contribution < 1.29 is 98.9 Å². The maximum absolute atomic E-state index is 10.9. The summed E-state index contributed by atoms with van der Waals surface area (Å²) in [6.45, 7) is 36.4. The van der Waals surface area contributed by atoms with Crippen molar-refractivity contribution >= 4 is 22.9 Å². The number of carbonyl (C=O) groups excluding carboxylic acids is 1. The van der Waals surface area contributed by atoms with Gasteiger partial charge in [0.05, 0.1) is 124 Å². The zero-order valence-corrected chi connectivity index (χ0v) is 91.5. The third kappa shape index (κ3) is 40.6. The zero-order valence-electron chi connectivity index (χ0n) is 89.5. The van der Waals surface area contributed by atoms with Crippen LogP contribution in [0.25, 0.3) is 0 Å². The van der Waals surface area contributed by atoms with Gasteiger partial charge in [-0.1, -0.05) is 261 Å². The summed E-state index contributed by atoms with van der Waals surface area (Å²) in [6, 6.07) is 0. The first-order valence-corrected chi connectivity index (χ1v) is 58.3. The first-order chi connectivity index (χ1) is 64.1. The minimum absolute atomic E-state index is 0.0492. The lowest BCUT2D eigenvalue weighted by Crippen LogP contribution is -2.42. The average Bonchev–Trinajstić information content (AvgIpc) is 1.10. The van der Waals surface area contributed by atoms with E-state index in [1.165, 1.54) is 186 Å². The highest BCUT2D eigenvalue weighted by Crippen LogP contribution is 2.56. The second-order valence-corrected chi connectivity index (χ2v) is 50.1. The summed E-state index contributed by atoms with van der Waals surface area (Å²) in [5, 5.41) is 0.139. The Bertz CT molecular complexity index is 3490. The van der Waals surface area contributed by atoms with Gasteiger partial charge in [0.25, 0.3) is 0 Å². The SMILES string of the molecule is C#CC1CCCCC1CCCCCCC(O[Si](C)(C)C(C)(C)C)c1c(C)c(OC)c(OC)c(OC)c1OC.CC.CCCCCCCCCC[C@H](OCOC)[C@@H]1CC[C@@H]([C@@H]2CC[C@@H](C(C#CCCCCCCCCCCC(O[Si](C)(C)C(C)(C)C)c3c(C)c(OC)c(OC)c(OC)c3OC)OCOC)O2)O1.CCCCCCCCCC[C@H](OCOC)[C@@H]1CC[C@@H]([C@@H]2CC[C@@H](C=O)O2)O1. The third-order valence-electron chi connectivity index (χ3n) is 29.0. The van der Waals surface area contributed by atoms with Gasteiger partial charge in [-0.25, -0.2) is 0 Å². The summed E-state index contributed by atoms with van der Waals surface area (Å²) in [4.78, 5) is 10.9. The monoisotopic (exact) mass is 1910 g/mol. The molecule has 23 heteroatoms. The molecule has 2 aromatic rings. The lowest BCUT2D eigenvalue weighted by molar-refractivity contribution is -0.150. The molecule has 133 heavy (non-hydrogen) atoms. The van der Waals surface area contributed by atoms with Crippen molar-refractivity contribution in [2.24, 2.45) is 11.8 Å². The van der Waals surface area contributed by atoms with Gasteiger partial charge < -0.3 is 98.9 Å². The molecule has 1 aliphatic carbocycles. The molecular formula is C110H196O21Si2. The number of hydrogen-bond donors (Lipinski definition) is 0. The molecule has 0 N–H and O–H groups in total. The van der Waals surface area contributed by atoms with E-state index >= 15 is 0 Å². The zero-order chi connectivity index (χ0) is 98.2. The van der Waals surface area contributed by atoms with Crippen LogP contribution in [-0.4, -0.2) is 189 Å². The molecule has 4 heterocycles. The van der Waals surface area contributed by atoms with Crippen LogP contribution >= 0.6 is 0 Å². The molecule has 5 aliphatic rings. The van der Waals surface area contributed by atoms with Gasteiger partial charge in [0.1, 0.15) is 38.9 Å². The number of hydrogen-bond acceptors (Lipinski definition) is 21. The van der Waals surface area contributed by atoms with E-state index in [1.807, 2.05) is 13.8 Å². The van der Waals surface area contributed by atoms with Crippen molar-refractivity contribution in [3.63, 3.8) is 0 Å². The van der Waals surface area contributed by atoms with E-state index < -0.39 is 16.6 Å². The molecular weight excluding hydrogens is 1710 g/mol. The molecule has 21 nitrogen and oxygen atoms in total. The van der Waals surface area contributed by atoms with E-state index in [-0.39, 0.29) is 96.2 Å². The number of carbonyl (C=O) groups is 1. The fourth-order valence-electron chi connectivity index (χ4n) is 19.4. The molecule has 0 aromatic heterocycles. The Morgan fingerprint density at radius 2 is 0.722 bits per heavy atom. The average molecular weight is 1910 g/mol. The number of terminal acetylenes is 1. The fourth-order valence-corrected chi connectivity index (χ4v) is 22.0. The van der Waals surface area contributed by atoms with Crippen LogP contribution in [0, 0.1) is 49.9 Å². The van der Waals surface area contributed by atoms with Gasteiger partial charge in [-0.15, -0.1) is 18.3 Å². The Kier molecular flexibility index (Phi) is 61.7. The number of unbranched alkanes of at least 4 members (excludes halogenated alkanes) is 25. The smallest absolute Gasteiger partial charge is 0.207 e. The van der Waals surface area contributed by atoms with Gasteiger partial charge >= 0.3 is 0 Å². The van der Waals surface area contributed by atoms with Crippen molar-refractivity contribution in [1.29, 1.82) is 0 Å². The maximum atomic E-state index is 10.9. The first-order valence-electron chi connectivity index (χ1n) is 52.5. The maximum Gasteiger partial charge on any atom is 0.207 e. The summed E-state index contributed by atoms with van der Waals surface area (Å²) in [7, 11) is 14.0. The molecule has 4 aliphatic heterocycles. The van der Waals surface area contributed by atoms with Crippen LogP contribution in [-0.2, 0) is 61.0 Å². The Morgan fingerprint density at radius 3 is 1.09 bits per heavy atom. The number of ether oxygens (including phenoxy) is 18. The Morgan fingerprint density at radius 1 is 0.391 bits per heavy atom. The molecule has 0 bridgehead atoms. The van der Waals surface area contributed by atoms with Crippen molar-refractivity contribution in [2.45, 2.75) is 494 Å². The van der Waals surface area contributed by atoms with Crippen molar-refractivity contribution in [2.75, 3.05) is 98.6 Å². The lowest BCUT2D eigenvalue weighted by Gasteiger charge is -2.40. The van der Waals surface area contributed by atoms with Gasteiger partial charge in [0, 0.05) is 55.9 Å². The van der Waals surface area contributed by atoms with Crippen LogP contribution in [0.2, 0.25) is 36.3 Å². The van der Waals surface area contributed by atoms with E-state index in [9.17, 15) is 4.79 Å². The molecule has 15 atom stereocenters.